The summed E-state index contributed by atoms with van der Waals surface area (Å²) in [5.74, 6) is -0.802. The van der Waals surface area contributed by atoms with Crippen molar-refractivity contribution in [2.45, 2.75) is 136 Å². The molecule has 0 aromatic heterocycles. The van der Waals surface area contributed by atoms with Gasteiger partial charge in [0, 0.05) is 12.8 Å². The fourth-order valence-corrected chi connectivity index (χ4v) is 4.50. The first-order chi connectivity index (χ1) is 25.6. The van der Waals surface area contributed by atoms with Crippen molar-refractivity contribution in [3.63, 3.8) is 0 Å². The van der Waals surface area contributed by atoms with Gasteiger partial charge in [-0.3, -0.25) is 9.59 Å². The van der Waals surface area contributed by atoms with E-state index in [-0.39, 0.29) is 25.4 Å². The Morgan fingerprint density at radius 1 is 0.462 bits per heavy atom. The van der Waals surface area contributed by atoms with Crippen LogP contribution in [0.2, 0.25) is 0 Å². The third-order valence-electron chi connectivity index (χ3n) is 7.46. The van der Waals surface area contributed by atoms with E-state index < -0.39 is 18.7 Å². The smallest absolute Gasteiger partial charge is 0.306 e. The molecule has 0 unspecified atom stereocenters. The lowest BCUT2D eigenvalue weighted by atomic mass is 10.2. The van der Waals surface area contributed by atoms with Crippen LogP contribution in [0.5, 0.6) is 0 Å². The molecule has 0 aromatic rings. The van der Waals surface area contributed by atoms with Crippen LogP contribution in [0.4, 0.5) is 0 Å². The van der Waals surface area contributed by atoms with Gasteiger partial charge in [-0.05, 0) is 89.9 Å². The number of carbonyl (C=O) groups excluding carboxylic acids is 2. The van der Waals surface area contributed by atoms with Gasteiger partial charge in [-0.2, -0.15) is 0 Å². The predicted molar refractivity (Wildman–Crippen MR) is 223 cm³/mol. The average Bonchev–Trinajstić information content (AvgIpc) is 3.15. The molecule has 1 atom stereocenters. The zero-order chi connectivity index (χ0) is 37.8. The number of aliphatic hydroxyl groups excluding tert-OH is 1. The van der Waals surface area contributed by atoms with E-state index >= 15 is 0 Å². The van der Waals surface area contributed by atoms with Crippen molar-refractivity contribution in [2.75, 3.05) is 13.2 Å². The highest BCUT2D eigenvalue weighted by Gasteiger charge is 2.15. The van der Waals surface area contributed by atoms with Crippen LogP contribution in [0.15, 0.2) is 134 Å². The summed E-state index contributed by atoms with van der Waals surface area (Å²) in [5.41, 5.74) is 0. The summed E-state index contributed by atoms with van der Waals surface area (Å²) in [4.78, 5) is 24.2. The van der Waals surface area contributed by atoms with Crippen LogP contribution >= 0.6 is 0 Å². The van der Waals surface area contributed by atoms with Gasteiger partial charge in [0.25, 0.3) is 0 Å². The minimum atomic E-state index is -0.852. The minimum absolute atomic E-state index is 0.146. The maximum absolute atomic E-state index is 12.1. The average molecular weight is 715 g/mol. The highest BCUT2D eigenvalue weighted by atomic mass is 16.6. The quantitative estimate of drug-likeness (QED) is 0.0416. The highest BCUT2D eigenvalue weighted by molar-refractivity contribution is 5.70. The van der Waals surface area contributed by atoms with E-state index in [1.165, 1.54) is 25.7 Å². The van der Waals surface area contributed by atoms with Crippen LogP contribution in [0.25, 0.3) is 0 Å². The first kappa shape index (κ1) is 48.0. The zero-order valence-electron chi connectivity index (χ0n) is 32.5. The molecule has 0 aliphatic rings. The Kier molecular flexibility index (Phi) is 38.3. The molecular weight excluding hydrogens is 645 g/mol. The number of hydrogen-bond acceptors (Lipinski definition) is 5. The Morgan fingerprint density at radius 3 is 1.17 bits per heavy atom. The molecule has 0 fully saturated rings. The van der Waals surface area contributed by atoms with Gasteiger partial charge in [0.15, 0.2) is 6.10 Å². The summed E-state index contributed by atoms with van der Waals surface area (Å²) in [7, 11) is 0. The first-order valence-electron chi connectivity index (χ1n) is 19.7. The SMILES string of the molecule is CC/C=C\C/C=C\C/C=C\C/C=C\C/C=C\C/C=C\CCC(=O)O[C@@H](CO)COC(=O)CC/C=C\C/C=C\C/C=C\C/C=C\C/C=C\CCCCC. The topological polar surface area (TPSA) is 72.8 Å². The molecule has 0 heterocycles. The molecule has 5 heteroatoms. The first-order valence-corrected chi connectivity index (χ1v) is 19.7. The lowest BCUT2D eigenvalue weighted by Gasteiger charge is -2.15. The zero-order valence-corrected chi connectivity index (χ0v) is 32.5. The maximum Gasteiger partial charge on any atom is 0.306 e. The maximum atomic E-state index is 12.1. The molecule has 52 heavy (non-hydrogen) atoms. The van der Waals surface area contributed by atoms with Gasteiger partial charge in [0.1, 0.15) is 6.61 Å². The van der Waals surface area contributed by atoms with Gasteiger partial charge in [-0.1, -0.05) is 160 Å². The molecule has 0 spiro atoms. The second-order valence-corrected chi connectivity index (χ2v) is 12.3. The van der Waals surface area contributed by atoms with Gasteiger partial charge < -0.3 is 14.6 Å². The summed E-state index contributed by atoms with van der Waals surface area (Å²) in [6.45, 7) is 3.83. The van der Waals surface area contributed by atoms with Crippen molar-refractivity contribution in [2.24, 2.45) is 0 Å². The second-order valence-electron chi connectivity index (χ2n) is 12.3. The van der Waals surface area contributed by atoms with E-state index in [1.54, 1.807) is 0 Å². The van der Waals surface area contributed by atoms with Crippen LogP contribution in [0.3, 0.4) is 0 Å². The molecule has 0 amide bonds. The molecule has 0 bridgehead atoms. The molecule has 0 saturated carbocycles. The van der Waals surface area contributed by atoms with Gasteiger partial charge in [-0.15, -0.1) is 0 Å². The van der Waals surface area contributed by atoms with E-state index in [0.717, 1.165) is 64.2 Å². The number of aliphatic hydroxyl groups is 1. The monoisotopic (exact) mass is 715 g/mol. The van der Waals surface area contributed by atoms with E-state index in [9.17, 15) is 14.7 Å². The number of allylic oxidation sites excluding steroid dienone is 22. The van der Waals surface area contributed by atoms with Crippen LogP contribution in [0, 0.1) is 0 Å². The highest BCUT2D eigenvalue weighted by Crippen LogP contribution is 2.04. The molecule has 0 rings (SSSR count). The van der Waals surface area contributed by atoms with Crippen molar-refractivity contribution >= 4 is 11.9 Å². The van der Waals surface area contributed by atoms with E-state index in [1.807, 2.05) is 24.3 Å². The third-order valence-corrected chi connectivity index (χ3v) is 7.46. The second kappa shape index (κ2) is 41.5. The Bertz CT molecular complexity index is 1170. The molecule has 288 valence electrons. The van der Waals surface area contributed by atoms with E-state index in [0.29, 0.717) is 12.8 Å². The van der Waals surface area contributed by atoms with Crippen LogP contribution < -0.4 is 0 Å². The van der Waals surface area contributed by atoms with Crippen molar-refractivity contribution in [1.29, 1.82) is 0 Å². The largest absolute Gasteiger partial charge is 0.462 e. The number of carbonyl (C=O) groups is 2. The third kappa shape index (κ3) is 38.8. The Labute approximate surface area is 317 Å². The fraction of sp³-hybridized carbons (Fsp3) is 0.489. The molecule has 0 aliphatic carbocycles. The lowest BCUT2D eigenvalue weighted by molar-refractivity contribution is -0.161. The molecular formula is C47H70O5. The summed E-state index contributed by atoms with van der Waals surface area (Å²) in [6, 6.07) is 0. The fourth-order valence-electron chi connectivity index (χ4n) is 4.50. The number of ether oxygens (including phenoxy) is 2. The Morgan fingerprint density at radius 2 is 0.808 bits per heavy atom. The van der Waals surface area contributed by atoms with Gasteiger partial charge in [0.2, 0.25) is 0 Å². The van der Waals surface area contributed by atoms with Crippen LogP contribution in [-0.2, 0) is 19.1 Å². The predicted octanol–water partition coefficient (Wildman–Crippen LogP) is 12.6. The summed E-state index contributed by atoms with van der Waals surface area (Å²) in [5, 5.41) is 9.54. The molecule has 5 nitrogen and oxygen atoms in total. The Balaban J connectivity index is 3.87. The van der Waals surface area contributed by atoms with Crippen molar-refractivity contribution in [3.8, 4) is 0 Å². The number of rotatable bonds is 33. The van der Waals surface area contributed by atoms with Gasteiger partial charge in [-0.25, -0.2) is 0 Å². The molecule has 0 aliphatic heterocycles. The lowest BCUT2D eigenvalue weighted by Crippen LogP contribution is -2.28. The van der Waals surface area contributed by atoms with Crippen LogP contribution in [-0.4, -0.2) is 36.4 Å². The molecule has 0 aromatic carbocycles. The van der Waals surface area contributed by atoms with Crippen molar-refractivity contribution in [3.05, 3.63) is 134 Å². The summed E-state index contributed by atoms with van der Waals surface area (Å²) < 4.78 is 10.5. The molecule has 1 N–H and O–H groups in total. The van der Waals surface area contributed by atoms with Crippen molar-refractivity contribution < 1.29 is 24.2 Å². The number of esters is 2. The normalized spacial score (nSPS) is 13.7. The Hall–Kier alpha value is -3.96. The molecule has 0 radical (unpaired) electrons. The van der Waals surface area contributed by atoms with Gasteiger partial charge in [0.05, 0.1) is 6.61 Å². The summed E-state index contributed by atoms with van der Waals surface area (Å²) in [6.07, 6.45) is 62.4. The van der Waals surface area contributed by atoms with E-state index in [2.05, 4.69) is 123 Å². The summed E-state index contributed by atoms with van der Waals surface area (Å²) >= 11 is 0. The standard InChI is InChI=1S/C47H70O5/c1-3-5-7-9-11-13-15-17-19-21-23-25-27-29-31-33-35-37-39-41-46(49)51-44-45(43-48)52-47(50)42-40-38-36-34-32-30-28-26-24-22-20-18-16-14-12-10-8-6-4-2/h6,8,11-14,17-20,23-26,29-32,35-38,45,48H,3-5,7,9-10,15-16,21-22,27-28,33-34,39-44H2,1-2H3/b8-6-,13-11-,14-12-,19-17-,20-18-,25-23-,26-24-,31-29-,32-30-,37-35-,38-36-/t45-/m0/s1. The minimum Gasteiger partial charge on any atom is -0.462 e. The van der Waals surface area contributed by atoms with Crippen molar-refractivity contribution in [1.82, 2.24) is 0 Å². The van der Waals surface area contributed by atoms with Crippen LogP contribution in [0.1, 0.15) is 129 Å². The number of unbranched alkanes of at least 4 members (excludes halogenated alkanes) is 3. The van der Waals surface area contributed by atoms with Gasteiger partial charge >= 0.3 is 11.9 Å². The van der Waals surface area contributed by atoms with E-state index in [4.69, 9.17) is 9.47 Å². The number of hydrogen-bond donors (Lipinski definition) is 1. The molecule has 0 saturated heterocycles.